The van der Waals surface area contributed by atoms with Gasteiger partial charge in [0, 0.05) is 17.8 Å². The third-order valence-corrected chi connectivity index (χ3v) is 5.94. The van der Waals surface area contributed by atoms with Crippen LogP contribution in [-0.2, 0) is 0 Å². The van der Waals surface area contributed by atoms with Crippen molar-refractivity contribution in [3.63, 3.8) is 0 Å². The van der Waals surface area contributed by atoms with E-state index in [1.807, 2.05) is 25.6 Å². The molecule has 36 heavy (non-hydrogen) atoms. The molecule has 0 spiro atoms. The summed E-state index contributed by atoms with van der Waals surface area (Å²) >= 11 is 0. The van der Waals surface area contributed by atoms with Crippen LogP contribution in [0.3, 0.4) is 0 Å². The normalized spacial score (nSPS) is 12.7. The molecule has 0 radical (unpaired) electrons. The van der Waals surface area contributed by atoms with Gasteiger partial charge in [-0.2, -0.15) is 0 Å². The molecule has 1 heterocycles. The Hall–Kier alpha value is -3.16. The van der Waals surface area contributed by atoms with E-state index < -0.39 is 17.5 Å². The molecule has 10 heteroatoms. The number of hydrogen-bond donors (Lipinski definition) is 2. The number of aromatic nitrogens is 2. The molecule has 1 aliphatic carbocycles. The molecule has 1 fully saturated rings. The highest BCUT2D eigenvalue weighted by Gasteiger charge is 2.25. The van der Waals surface area contributed by atoms with Crippen molar-refractivity contribution in [1.29, 1.82) is 0 Å². The van der Waals surface area contributed by atoms with Crippen molar-refractivity contribution in [2.24, 2.45) is 0 Å². The molecule has 0 bridgehead atoms. The van der Waals surface area contributed by atoms with Crippen LogP contribution >= 0.6 is 9.39 Å². The Kier molecular flexibility index (Phi) is 9.29. The Morgan fingerprint density at radius 1 is 1.22 bits per heavy atom. The molecule has 1 atom stereocenters. The van der Waals surface area contributed by atoms with Crippen LogP contribution < -0.4 is 15.8 Å². The molecule has 1 aromatic heterocycles. The SMILES string of the molecule is CC.Cc1c(NC(=O)c2ccc(C3CC3)cc2F)cc(F)cc1-c1ncnc(N)c1OCCN(C)P. The molecule has 192 valence electrons. The predicted molar refractivity (Wildman–Crippen MR) is 142 cm³/mol. The summed E-state index contributed by atoms with van der Waals surface area (Å²) in [5.41, 5.74) is 8.19. The van der Waals surface area contributed by atoms with E-state index in [1.165, 1.54) is 30.6 Å². The average molecular weight is 516 g/mol. The summed E-state index contributed by atoms with van der Waals surface area (Å²) in [6.45, 7) is 6.60. The van der Waals surface area contributed by atoms with Gasteiger partial charge in [-0.05, 0) is 68.1 Å². The zero-order valence-corrected chi connectivity index (χ0v) is 22.1. The molecule has 2 aromatic carbocycles. The molecule has 1 aliphatic rings. The summed E-state index contributed by atoms with van der Waals surface area (Å²) in [6.07, 6.45) is 3.33. The van der Waals surface area contributed by atoms with Gasteiger partial charge in [-0.25, -0.2) is 18.7 Å². The number of anilines is 2. The fourth-order valence-electron chi connectivity index (χ4n) is 3.64. The van der Waals surface area contributed by atoms with Crippen molar-refractivity contribution >= 4 is 26.8 Å². The molecular weight excluding hydrogens is 483 g/mol. The minimum atomic E-state index is -0.665. The number of hydrogen-bond acceptors (Lipinski definition) is 6. The van der Waals surface area contributed by atoms with Gasteiger partial charge in [-0.1, -0.05) is 29.3 Å². The van der Waals surface area contributed by atoms with Crippen LogP contribution in [0.25, 0.3) is 11.3 Å². The van der Waals surface area contributed by atoms with Crippen molar-refractivity contribution in [3.05, 3.63) is 65.0 Å². The number of rotatable bonds is 8. The summed E-state index contributed by atoms with van der Waals surface area (Å²) in [5.74, 6) is -1.16. The lowest BCUT2D eigenvalue weighted by Gasteiger charge is -2.17. The molecule has 3 N–H and O–H groups in total. The fourth-order valence-corrected chi connectivity index (χ4v) is 3.75. The summed E-state index contributed by atoms with van der Waals surface area (Å²) in [4.78, 5) is 21.1. The number of ether oxygens (including phenoxy) is 1. The Morgan fingerprint density at radius 2 is 1.94 bits per heavy atom. The van der Waals surface area contributed by atoms with Crippen LogP contribution in [0.2, 0.25) is 0 Å². The van der Waals surface area contributed by atoms with Gasteiger partial charge in [0.2, 0.25) is 0 Å². The minimum Gasteiger partial charge on any atom is -0.486 e. The lowest BCUT2D eigenvalue weighted by atomic mass is 10.0. The molecule has 1 saturated carbocycles. The summed E-state index contributed by atoms with van der Waals surface area (Å²) in [7, 11) is 4.39. The van der Waals surface area contributed by atoms with Crippen molar-refractivity contribution in [2.45, 2.75) is 39.5 Å². The first-order valence-corrected chi connectivity index (χ1v) is 12.4. The minimum absolute atomic E-state index is 0.105. The van der Waals surface area contributed by atoms with Crippen molar-refractivity contribution in [2.75, 3.05) is 31.2 Å². The van der Waals surface area contributed by atoms with Crippen molar-refractivity contribution in [3.8, 4) is 17.0 Å². The van der Waals surface area contributed by atoms with Gasteiger partial charge in [0.25, 0.3) is 5.91 Å². The number of nitrogen functional groups attached to an aromatic ring is 1. The molecule has 4 rings (SSSR count). The highest BCUT2D eigenvalue weighted by molar-refractivity contribution is 7.13. The van der Waals surface area contributed by atoms with E-state index in [4.69, 9.17) is 10.5 Å². The number of nitrogens with one attached hydrogen (secondary N) is 1. The van der Waals surface area contributed by atoms with Gasteiger partial charge in [-0.3, -0.25) is 9.46 Å². The Bertz CT molecular complexity index is 1240. The first kappa shape index (κ1) is 27.4. The summed E-state index contributed by atoms with van der Waals surface area (Å²) in [5, 5.41) is 2.63. The van der Waals surface area contributed by atoms with Gasteiger partial charge in [0.05, 0.1) is 5.56 Å². The average Bonchev–Trinajstić information content (AvgIpc) is 3.69. The Balaban J connectivity index is 0.00000176. The third-order valence-electron chi connectivity index (χ3n) is 5.68. The van der Waals surface area contributed by atoms with Gasteiger partial charge in [0.1, 0.15) is 30.3 Å². The maximum atomic E-state index is 14.6. The van der Waals surface area contributed by atoms with E-state index in [0.717, 1.165) is 18.4 Å². The topological polar surface area (TPSA) is 93.4 Å². The second-order valence-corrected chi connectivity index (χ2v) is 9.24. The lowest BCUT2D eigenvalue weighted by molar-refractivity contribution is 0.102. The van der Waals surface area contributed by atoms with Crippen LogP contribution in [0.1, 0.15) is 54.1 Å². The van der Waals surface area contributed by atoms with E-state index in [-0.39, 0.29) is 22.8 Å². The van der Waals surface area contributed by atoms with Gasteiger partial charge in [-0.15, -0.1) is 0 Å². The second-order valence-electron chi connectivity index (χ2n) is 8.36. The van der Waals surface area contributed by atoms with E-state index in [2.05, 4.69) is 24.7 Å². The highest BCUT2D eigenvalue weighted by atomic mass is 31.0. The molecule has 0 aliphatic heterocycles. The molecule has 3 aromatic rings. The predicted octanol–water partition coefficient (Wildman–Crippen LogP) is 5.57. The van der Waals surface area contributed by atoms with E-state index in [0.29, 0.717) is 35.9 Å². The first-order chi connectivity index (χ1) is 17.2. The maximum absolute atomic E-state index is 14.6. The number of likely N-dealkylation sites (N-methyl/N-ethyl adjacent to an activating group) is 1. The molecule has 1 amide bonds. The van der Waals surface area contributed by atoms with E-state index in [9.17, 15) is 13.6 Å². The zero-order chi connectivity index (χ0) is 26.4. The molecule has 7 nitrogen and oxygen atoms in total. The van der Waals surface area contributed by atoms with E-state index >= 15 is 0 Å². The smallest absolute Gasteiger partial charge is 0.258 e. The zero-order valence-electron chi connectivity index (χ0n) is 20.9. The van der Waals surface area contributed by atoms with Crippen LogP contribution in [0, 0.1) is 18.6 Å². The highest BCUT2D eigenvalue weighted by Crippen LogP contribution is 2.40. The van der Waals surface area contributed by atoms with Crippen molar-refractivity contribution in [1.82, 2.24) is 14.6 Å². The van der Waals surface area contributed by atoms with Crippen LogP contribution in [0.5, 0.6) is 5.75 Å². The maximum Gasteiger partial charge on any atom is 0.258 e. The second kappa shape index (κ2) is 12.2. The Labute approximate surface area is 212 Å². The quantitative estimate of drug-likeness (QED) is 0.381. The Morgan fingerprint density at radius 3 is 2.58 bits per heavy atom. The fraction of sp³-hybridized carbons (Fsp3) is 0.346. The van der Waals surface area contributed by atoms with Crippen LogP contribution in [-0.4, -0.2) is 40.7 Å². The molecule has 1 unspecified atom stereocenters. The van der Waals surface area contributed by atoms with Crippen LogP contribution in [0.4, 0.5) is 20.3 Å². The first-order valence-electron chi connectivity index (χ1n) is 11.8. The summed E-state index contributed by atoms with van der Waals surface area (Å²) < 4.78 is 36.9. The third kappa shape index (κ3) is 6.53. The number of carbonyl (C=O) groups is 1. The number of nitrogens with two attached hydrogens (primary N) is 1. The monoisotopic (exact) mass is 515 g/mol. The van der Waals surface area contributed by atoms with E-state index in [1.54, 1.807) is 13.0 Å². The number of carbonyl (C=O) groups excluding carboxylic acids is 1. The number of amides is 1. The largest absolute Gasteiger partial charge is 0.486 e. The lowest BCUT2D eigenvalue weighted by Crippen LogP contribution is -2.16. The number of benzene rings is 2. The van der Waals surface area contributed by atoms with Gasteiger partial charge < -0.3 is 15.8 Å². The van der Waals surface area contributed by atoms with Gasteiger partial charge in [0.15, 0.2) is 11.6 Å². The molecule has 0 saturated heterocycles. The van der Waals surface area contributed by atoms with Gasteiger partial charge >= 0.3 is 0 Å². The number of halogens is 2. The number of nitrogens with zero attached hydrogens (tertiary/aromatic N) is 3. The summed E-state index contributed by atoms with van der Waals surface area (Å²) in [6, 6.07) is 7.09. The van der Waals surface area contributed by atoms with Crippen LogP contribution in [0.15, 0.2) is 36.7 Å². The van der Waals surface area contributed by atoms with Crippen molar-refractivity contribution < 1.29 is 18.3 Å². The standard InChI is InChI=1S/C24H26F2N5O2P.C2H6/c1-13-18(21-22(23(27)29-12-28-21)33-8-7-31(2)34)10-16(25)11-20(13)30-24(32)17-6-5-15(9-19(17)26)14-3-4-14;1-2/h5-6,9-12,14H,3-4,7-8,34H2,1-2H3,(H,30,32)(H2,27,28,29);1-2H3. The molecular formula is C26H32F2N5O2P.